The number of hydrogen-bond donors (Lipinski definition) is 2. The van der Waals surface area contributed by atoms with Crippen molar-refractivity contribution < 1.29 is 14.1 Å². The number of non-ortho nitro benzene ring substituents is 1. The molecule has 1 unspecified atom stereocenters. The predicted octanol–water partition coefficient (Wildman–Crippen LogP) is 1.20. The summed E-state index contributed by atoms with van der Waals surface area (Å²) in [7, 11) is 0. The molecule has 102 valence electrons. The zero-order valence-electron chi connectivity index (χ0n) is 10.1. The lowest BCUT2D eigenvalue weighted by Gasteiger charge is -2.11. The third-order valence-electron chi connectivity index (χ3n) is 3.13. The van der Waals surface area contributed by atoms with Crippen LogP contribution < -0.4 is 11.1 Å². The number of nitrogens with one attached hydrogen (secondary N) is 1. The Morgan fingerprint density at radius 2 is 2.26 bits per heavy atom. The summed E-state index contributed by atoms with van der Waals surface area (Å²) in [5, 5.41) is 13.0. The number of hydrogen-bond acceptors (Lipinski definition) is 4. The van der Waals surface area contributed by atoms with Crippen molar-refractivity contribution in [3.63, 3.8) is 0 Å². The number of rotatable bonds is 5. The van der Waals surface area contributed by atoms with Crippen molar-refractivity contribution in [1.82, 2.24) is 5.32 Å². The van der Waals surface area contributed by atoms with Crippen LogP contribution in [0.5, 0.6) is 0 Å². The van der Waals surface area contributed by atoms with Crippen LogP contribution in [0.3, 0.4) is 0 Å². The second kappa shape index (κ2) is 5.31. The fraction of sp³-hybridized carbons (Fsp3) is 0.417. The number of nitrogens with two attached hydrogens (primary N) is 1. The Kier molecular flexibility index (Phi) is 3.75. The number of benzene rings is 1. The highest BCUT2D eigenvalue weighted by Crippen LogP contribution is 2.31. The van der Waals surface area contributed by atoms with Crippen LogP contribution in [0.15, 0.2) is 18.2 Å². The molecular formula is C12H14FN3O3. The quantitative estimate of drug-likeness (QED) is 0.618. The summed E-state index contributed by atoms with van der Waals surface area (Å²) in [5.74, 6) is -1.09. The maximum Gasteiger partial charge on any atom is 0.272 e. The van der Waals surface area contributed by atoms with Gasteiger partial charge in [0.25, 0.3) is 11.6 Å². The van der Waals surface area contributed by atoms with Gasteiger partial charge in [-0.3, -0.25) is 14.9 Å². The van der Waals surface area contributed by atoms with E-state index in [1.54, 1.807) is 0 Å². The van der Waals surface area contributed by atoms with Crippen molar-refractivity contribution in [1.29, 1.82) is 0 Å². The minimum Gasteiger partial charge on any atom is -0.350 e. The number of carbonyl (C=O) groups excluding carboxylic acids is 1. The standard InChI is InChI=1S/C12H14FN3O3/c13-10-5-8(16(18)19)3-4-9(10)12(17)15-6-11(14)7-1-2-7/h3-5,7,11H,1-2,6,14H2,(H,15,17). The van der Waals surface area contributed by atoms with Crippen molar-refractivity contribution >= 4 is 11.6 Å². The maximum absolute atomic E-state index is 13.6. The van der Waals surface area contributed by atoms with E-state index < -0.39 is 16.6 Å². The molecule has 19 heavy (non-hydrogen) atoms. The van der Waals surface area contributed by atoms with Gasteiger partial charge in [0.05, 0.1) is 16.6 Å². The molecule has 1 aliphatic carbocycles. The molecule has 0 bridgehead atoms. The summed E-state index contributed by atoms with van der Waals surface area (Å²) in [4.78, 5) is 21.5. The Labute approximate surface area is 108 Å². The van der Waals surface area contributed by atoms with Gasteiger partial charge in [0.2, 0.25) is 0 Å². The Bertz CT molecular complexity index is 517. The summed E-state index contributed by atoms with van der Waals surface area (Å²) >= 11 is 0. The molecular weight excluding hydrogens is 253 g/mol. The first-order valence-electron chi connectivity index (χ1n) is 5.96. The lowest BCUT2D eigenvalue weighted by atomic mass is 10.1. The van der Waals surface area contributed by atoms with Crippen LogP contribution in [0.4, 0.5) is 10.1 Å². The lowest BCUT2D eigenvalue weighted by molar-refractivity contribution is -0.385. The summed E-state index contributed by atoms with van der Waals surface area (Å²) in [6, 6.07) is 2.81. The van der Waals surface area contributed by atoms with Crippen LogP contribution >= 0.6 is 0 Å². The fourth-order valence-electron chi connectivity index (χ4n) is 1.80. The molecule has 0 aromatic heterocycles. The van der Waals surface area contributed by atoms with Crippen molar-refractivity contribution in [3.05, 3.63) is 39.7 Å². The van der Waals surface area contributed by atoms with Gasteiger partial charge in [0.15, 0.2) is 0 Å². The maximum atomic E-state index is 13.6. The monoisotopic (exact) mass is 267 g/mol. The molecule has 0 heterocycles. The SMILES string of the molecule is NC(CNC(=O)c1ccc([N+](=O)[O-])cc1F)C1CC1. The van der Waals surface area contributed by atoms with Crippen molar-refractivity contribution in [3.8, 4) is 0 Å². The van der Waals surface area contributed by atoms with Crippen molar-refractivity contribution in [2.45, 2.75) is 18.9 Å². The van der Waals surface area contributed by atoms with E-state index in [9.17, 15) is 19.3 Å². The fourth-order valence-corrected chi connectivity index (χ4v) is 1.80. The van der Waals surface area contributed by atoms with Gasteiger partial charge in [-0.2, -0.15) is 0 Å². The van der Waals surface area contributed by atoms with E-state index in [1.807, 2.05) is 0 Å². The average molecular weight is 267 g/mol. The van der Waals surface area contributed by atoms with Gasteiger partial charge in [0, 0.05) is 18.7 Å². The van der Waals surface area contributed by atoms with E-state index >= 15 is 0 Å². The predicted molar refractivity (Wildman–Crippen MR) is 66.1 cm³/mol. The van der Waals surface area contributed by atoms with E-state index in [4.69, 9.17) is 5.73 Å². The molecule has 0 saturated heterocycles. The van der Waals surface area contributed by atoms with Gasteiger partial charge < -0.3 is 11.1 Å². The third kappa shape index (κ3) is 3.25. The smallest absolute Gasteiger partial charge is 0.272 e. The Morgan fingerprint density at radius 3 is 2.79 bits per heavy atom. The molecule has 1 saturated carbocycles. The average Bonchev–Trinajstić information content (AvgIpc) is 3.19. The summed E-state index contributed by atoms with van der Waals surface area (Å²) < 4.78 is 13.6. The zero-order chi connectivity index (χ0) is 14.0. The topological polar surface area (TPSA) is 98.3 Å². The molecule has 1 aliphatic rings. The molecule has 1 aromatic carbocycles. The normalized spacial score (nSPS) is 15.9. The highest BCUT2D eigenvalue weighted by atomic mass is 19.1. The molecule has 1 aromatic rings. The molecule has 0 aliphatic heterocycles. The molecule has 1 amide bonds. The van der Waals surface area contributed by atoms with Crippen LogP contribution in [0, 0.1) is 21.8 Å². The number of nitro groups is 1. The van der Waals surface area contributed by atoms with Crippen LogP contribution in [0.1, 0.15) is 23.2 Å². The van der Waals surface area contributed by atoms with E-state index in [0.717, 1.165) is 31.0 Å². The van der Waals surface area contributed by atoms with E-state index in [-0.39, 0.29) is 23.8 Å². The van der Waals surface area contributed by atoms with E-state index in [0.29, 0.717) is 5.92 Å². The minimum atomic E-state index is -0.910. The molecule has 6 nitrogen and oxygen atoms in total. The molecule has 1 fully saturated rings. The van der Waals surface area contributed by atoms with Crippen LogP contribution in [0.25, 0.3) is 0 Å². The number of amides is 1. The van der Waals surface area contributed by atoms with Crippen LogP contribution in [-0.4, -0.2) is 23.4 Å². The third-order valence-corrected chi connectivity index (χ3v) is 3.13. The molecule has 2 rings (SSSR count). The molecule has 0 radical (unpaired) electrons. The Balaban J connectivity index is 2.00. The second-order valence-electron chi connectivity index (χ2n) is 4.63. The van der Waals surface area contributed by atoms with E-state index in [1.165, 1.54) is 0 Å². The number of nitro benzene ring substituents is 1. The Hall–Kier alpha value is -2.02. The molecule has 3 N–H and O–H groups in total. The van der Waals surface area contributed by atoms with Crippen molar-refractivity contribution in [2.75, 3.05) is 6.54 Å². The van der Waals surface area contributed by atoms with Crippen molar-refractivity contribution in [2.24, 2.45) is 11.7 Å². The van der Waals surface area contributed by atoms with Gasteiger partial charge in [-0.05, 0) is 24.8 Å². The highest BCUT2D eigenvalue weighted by Gasteiger charge is 2.28. The number of carbonyl (C=O) groups is 1. The number of halogens is 1. The first kappa shape index (κ1) is 13.4. The highest BCUT2D eigenvalue weighted by molar-refractivity contribution is 5.94. The van der Waals surface area contributed by atoms with Crippen LogP contribution in [-0.2, 0) is 0 Å². The summed E-state index contributed by atoms with van der Waals surface area (Å²) in [5.41, 5.74) is 5.21. The zero-order valence-corrected chi connectivity index (χ0v) is 10.1. The van der Waals surface area contributed by atoms with Gasteiger partial charge >= 0.3 is 0 Å². The second-order valence-corrected chi connectivity index (χ2v) is 4.63. The largest absolute Gasteiger partial charge is 0.350 e. The molecule has 0 spiro atoms. The van der Waals surface area contributed by atoms with Gasteiger partial charge in [-0.1, -0.05) is 0 Å². The molecule has 7 heteroatoms. The first-order valence-corrected chi connectivity index (χ1v) is 5.96. The minimum absolute atomic E-state index is 0.120. The van der Waals surface area contributed by atoms with Gasteiger partial charge in [-0.25, -0.2) is 4.39 Å². The van der Waals surface area contributed by atoms with Gasteiger partial charge in [-0.15, -0.1) is 0 Å². The first-order chi connectivity index (χ1) is 8.99. The van der Waals surface area contributed by atoms with Gasteiger partial charge in [0.1, 0.15) is 5.82 Å². The Morgan fingerprint density at radius 1 is 1.58 bits per heavy atom. The number of nitrogens with zero attached hydrogens (tertiary/aromatic N) is 1. The molecule has 1 atom stereocenters. The van der Waals surface area contributed by atoms with Crippen LogP contribution in [0.2, 0.25) is 0 Å². The summed E-state index contributed by atoms with van der Waals surface area (Å²) in [6.45, 7) is 0.278. The van der Waals surface area contributed by atoms with E-state index in [2.05, 4.69) is 5.32 Å². The summed E-state index contributed by atoms with van der Waals surface area (Å²) in [6.07, 6.45) is 2.12. The lowest BCUT2D eigenvalue weighted by Crippen LogP contribution is -2.38.